The topological polar surface area (TPSA) is 75.7 Å². The fourth-order valence-electron chi connectivity index (χ4n) is 2.83. The lowest BCUT2D eigenvalue weighted by Crippen LogP contribution is -2.46. The van der Waals surface area contributed by atoms with Crippen LogP contribution in [0.5, 0.6) is 5.75 Å². The highest BCUT2D eigenvalue weighted by Gasteiger charge is 2.27. The molecule has 1 aromatic carbocycles. The summed E-state index contributed by atoms with van der Waals surface area (Å²) in [6.45, 7) is 1.04. The highest BCUT2D eigenvalue weighted by molar-refractivity contribution is 7.91. The van der Waals surface area contributed by atoms with E-state index < -0.39 is 10.0 Å². The summed E-state index contributed by atoms with van der Waals surface area (Å²) in [5, 5.41) is 1.74. The Hall–Kier alpha value is -1.90. The zero-order valence-electron chi connectivity index (χ0n) is 13.8. The quantitative estimate of drug-likeness (QED) is 0.864. The van der Waals surface area contributed by atoms with E-state index in [-0.39, 0.29) is 11.9 Å². The minimum absolute atomic E-state index is 0.0570. The van der Waals surface area contributed by atoms with Crippen molar-refractivity contribution in [2.45, 2.75) is 23.1 Å². The van der Waals surface area contributed by atoms with Gasteiger partial charge in [0.2, 0.25) is 10.0 Å². The molecule has 1 amide bonds. The Balaban J connectivity index is 1.59. The number of benzene rings is 1. The smallest absolute Gasteiger partial charge is 0.253 e. The second-order valence-corrected chi connectivity index (χ2v) is 8.74. The average molecular weight is 380 g/mol. The molecule has 8 heteroatoms. The Kier molecular flexibility index (Phi) is 5.41. The van der Waals surface area contributed by atoms with Crippen molar-refractivity contribution in [2.75, 3.05) is 20.2 Å². The van der Waals surface area contributed by atoms with Gasteiger partial charge in [-0.05, 0) is 42.5 Å². The van der Waals surface area contributed by atoms with Gasteiger partial charge in [-0.15, -0.1) is 11.3 Å². The molecule has 0 saturated carbocycles. The predicted octanol–water partition coefficient (Wildman–Crippen LogP) is 2.34. The molecule has 1 aliphatic rings. The normalized spacial score (nSPS) is 16.0. The largest absolute Gasteiger partial charge is 0.497 e. The second kappa shape index (κ2) is 7.55. The summed E-state index contributed by atoms with van der Waals surface area (Å²) in [4.78, 5) is 14.3. The summed E-state index contributed by atoms with van der Waals surface area (Å²) in [6.07, 6.45) is 1.20. The Labute approximate surface area is 151 Å². The summed E-state index contributed by atoms with van der Waals surface area (Å²) < 4.78 is 32.8. The van der Waals surface area contributed by atoms with Gasteiger partial charge in [0.05, 0.1) is 7.11 Å². The Morgan fingerprint density at radius 1 is 1.24 bits per heavy atom. The van der Waals surface area contributed by atoms with Crippen molar-refractivity contribution >= 4 is 27.3 Å². The minimum Gasteiger partial charge on any atom is -0.497 e. The summed E-state index contributed by atoms with van der Waals surface area (Å²) in [5.74, 6) is 0.586. The average Bonchev–Trinajstić information content (AvgIpc) is 3.17. The third-order valence-corrected chi connectivity index (χ3v) is 7.10. The zero-order chi connectivity index (χ0) is 17.9. The molecule has 25 heavy (non-hydrogen) atoms. The van der Waals surface area contributed by atoms with Crippen LogP contribution in [0.4, 0.5) is 0 Å². The third-order valence-electron chi connectivity index (χ3n) is 4.18. The van der Waals surface area contributed by atoms with E-state index in [1.807, 2.05) is 0 Å². The van der Waals surface area contributed by atoms with Gasteiger partial charge in [0, 0.05) is 24.7 Å². The van der Waals surface area contributed by atoms with Crippen molar-refractivity contribution in [2.24, 2.45) is 0 Å². The molecule has 1 aliphatic heterocycles. The van der Waals surface area contributed by atoms with Gasteiger partial charge >= 0.3 is 0 Å². The standard InChI is InChI=1S/C17H20N2O4S2/c1-23-15-5-2-4-13(12-15)17(20)19-9-7-14(8-10-19)18-25(21,22)16-6-3-11-24-16/h2-6,11-12,14,18H,7-10H2,1H3. The van der Waals surface area contributed by atoms with Crippen LogP contribution in [-0.2, 0) is 10.0 Å². The van der Waals surface area contributed by atoms with E-state index in [1.54, 1.807) is 53.8 Å². The number of nitrogens with one attached hydrogen (secondary N) is 1. The molecule has 2 heterocycles. The number of hydrogen-bond donors (Lipinski definition) is 1. The summed E-state index contributed by atoms with van der Waals surface area (Å²) in [6, 6.07) is 10.2. The first kappa shape index (κ1) is 17.9. The van der Waals surface area contributed by atoms with Crippen LogP contribution in [0.1, 0.15) is 23.2 Å². The maximum Gasteiger partial charge on any atom is 0.253 e. The molecule has 0 atom stereocenters. The van der Waals surface area contributed by atoms with Crippen molar-refractivity contribution < 1.29 is 17.9 Å². The Bertz CT molecular complexity index is 826. The van der Waals surface area contributed by atoms with Crippen LogP contribution in [0.2, 0.25) is 0 Å². The van der Waals surface area contributed by atoms with Crippen molar-refractivity contribution in [1.29, 1.82) is 0 Å². The number of methoxy groups -OCH3 is 1. The van der Waals surface area contributed by atoms with Crippen molar-refractivity contribution in [1.82, 2.24) is 9.62 Å². The number of likely N-dealkylation sites (tertiary alicyclic amines) is 1. The summed E-state index contributed by atoms with van der Waals surface area (Å²) >= 11 is 1.20. The van der Waals surface area contributed by atoms with Gasteiger partial charge in [-0.2, -0.15) is 0 Å². The number of sulfonamides is 1. The monoisotopic (exact) mass is 380 g/mol. The van der Waals surface area contributed by atoms with Gasteiger partial charge in [-0.1, -0.05) is 12.1 Å². The molecule has 0 unspecified atom stereocenters. The number of ether oxygens (including phenoxy) is 1. The Morgan fingerprint density at radius 3 is 2.64 bits per heavy atom. The van der Waals surface area contributed by atoms with E-state index in [2.05, 4.69) is 4.72 Å². The van der Waals surface area contributed by atoms with E-state index in [0.29, 0.717) is 41.5 Å². The van der Waals surface area contributed by atoms with Crippen LogP contribution in [0.15, 0.2) is 46.0 Å². The first-order valence-corrected chi connectivity index (χ1v) is 10.3. The molecular formula is C17H20N2O4S2. The molecule has 6 nitrogen and oxygen atoms in total. The molecule has 1 fully saturated rings. The van der Waals surface area contributed by atoms with Crippen molar-refractivity contribution in [3.8, 4) is 5.75 Å². The first-order valence-electron chi connectivity index (χ1n) is 7.99. The van der Waals surface area contributed by atoms with E-state index in [1.165, 1.54) is 11.3 Å². The number of nitrogens with zero attached hydrogens (tertiary/aromatic N) is 1. The molecule has 1 N–H and O–H groups in total. The van der Waals surface area contributed by atoms with Crippen LogP contribution in [-0.4, -0.2) is 45.5 Å². The van der Waals surface area contributed by atoms with Crippen molar-refractivity contribution in [3.63, 3.8) is 0 Å². The van der Waals surface area contributed by atoms with Crippen molar-refractivity contribution in [3.05, 3.63) is 47.3 Å². The molecule has 0 spiro atoms. The van der Waals surface area contributed by atoms with Crippen LogP contribution in [0, 0.1) is 0 Å². The van der Waals surface area contributed by atoms with E-state index >= 15 is 0 Å². The maximum atomic E-state index is 12.6. The van der Waals surface area contributed by atoms with Gasteiger partial charge in [0.25, 0.3) is 5.91 Å². The lowest BCUT2D eigenvalue weighted by Gasteiger charge is -2.32. The first-order chi connectivity index (χ1) is 12.0. The molecule has 1 aromatic heterocycles. The van der Waals surface area contributed by atoms with Crippen LogP contribution >= 0.6 is 11.3 Å². The van der Waals surface area contributed by atoms with Gasteiger partial charge in [-0.25, -0.2) is 13.1 Å². The summed E-state index contributed by atoms with van der Waals surface area (Å²) in [5.41, 5.74) is 0.581. The number of amides is 1. The van der Waals surface area contributed by atoms with E-state index in [9.17, 15) is 13.2 Å². The number of carbonyl (C=O) groups excluding carboxylic acids is 1. The molecule has 0 radical (unpaired) electrons. The number of hydrogen-bond acceptors (Lipinski definition) is 5. The fourth-order valence-corrected chi connectivity index (χ4v) is 5.15. The molecule has 0 aliphatic carbocycles. The van der Waals surface area contributed by atoms with Gasteiger partial charge in [0.1, 0.15) is 9.96 Å². The van der Waals surface area contributed by atoms with Gasteiger partial charge < -0.3 is 9.64 Å². The number of thiophene rings is 1. The van der Waals surface area contributed by atoms with E-state index in [4.69, 9.17) is 4.74 Å². The van der Waals surface area contributed by atoms with Crippen LogP contribution < -0.4 is 9.46 Å². The Morgan fingerprint density at radius 2 is 2.00 bits per heavy atom. The zero-order valence-corrected chi connectivity index (χ0v) is 15.5. The molecule has 134 valence electrons. The van der Waals surface area contributed by atoms with Crippen LogP contribution in [0.25, 0.3) is 0 Å². The second-order valence-electron chi connectivity index (χ2n) is 5.85. The highest BCUT2D eigenvalue weighted by Crippen LogP contribution is 2.20. The van der Waals surface area contributed by atoms with Crippen LogP contribution in [0.3, 0.4) is 0 Å². The highest BCUT2D eigenvalue weighted by atomic mass is 32.2. The number of carbonyl (C=O) groups is 1. The number of rotatable bonds is 5. The fraction of sp³-hybridized carbons (Fsp3) is 0.353. The number of piperidine rings is 1. The molecule has 3 rings (SSSR count). The molecule has 1 saturated heterocycles. The summed E-state index contributed by atoms with van der Waals surface area (Å²) in [7, 11) is -1.90. The molecule has 0 bridgehead atoms. The molecular weight excluding hydrogens is 360 g/mol. The lowest BCUT2D eigenvalue weighted by molar-refractivity contribution is 0.0711. The third kappa shape index (κ3) is 4.20. The minimum atomic E-state index is -3.47. The van der Waals surface area contributed by atoms with Gasteiger partial charge in [0.15, 0.2) is 0 Å². The van der Waals surface area contributed by atoms with E-state index in [0.717, 1.165) is 0 Å². The SMILES string of the molecule is COc1cccc(C(=O)N2CCC(NS(=O)(=O)c3cccs3)CC2)c1. The maximum absolute atomic E-state index is 12.6. The predicted molar refractivity (Wildman–Crippen MR) is 96.6 cm³/mol. The lowest BCUT2D eigenvalue weighted by atomic mass is 10.0. The molecule has 2 aromatic rings. The van der Waals surface area contributed by atoms with Gasteiger partial charge in [-0.3, -0.25) is 4.79 Å².